The summed E-state index contributed by atoms with van der Waals surface area (Å²) in [6.07, 6.45) is 7.45. The van der Waals surface area contributed by atoms with Crippen molar-refractivity contribution in [1.82, 2.24) is 29.1 Å². The lowest BCUT2D eigenvalue weighted by molar-refractivity contribution is 0.676. The van der Waals surface area contributed by atoms with Crippen LogP contribution in [0.4, 0.5) is 0 Å². The van der Waals surface area contributed by atoms with E-state index in [4.69, 9.17) is 11.6 Å². The van der Waals surface area contributed by atoms with Crippen LogP contribution in [0.2, 0.25) is 5.02 Å². The molecule has 5 aromatic rings. The second-order valence-electron chi connectivity index (χ2n) is 6.10. The first-order valence-electron chi connectivity index (χ1n) is 8.14. The van der Waals surface area contributed by atoms with Crippen LogP contribution in [0.5, 0.6) is 0 Å². The number of nitrogens with one attached hydrogen (secondary N) is 1. The predicted octanol–water partition coefficient (Wildman–Crippen LogP) is 2.82. The highest BCUT2D eigenvalue weighted by atomic mass is 35.5. The fourth-order valence-corrected chi connectivity index (χ4v) is 3.45. The lowest BCUT2D eigenvalue weighted by Crippen LogP contribution is -2.21. The molecule has 0 unspecified atom stereocenters. The van der Waals surface area contributed by atoms with Crippen molar-refractivity contribution in [3.8, 4) is 0 Å². The van der Waals surface area contributed by atoms with Crippen LogP contribution >= 0.6 is 11.6 Å². The number of aromatic nitrogens is 6. The molecule has 128 valence electrons. The third-order valence-electron chi connectivity index (χ3n) is 4.60. The monoisotopic (exact) mass is 364 g/mol. The Balaban J connectivity index is 1.53. The number of aryl methyl sites for hydroxylation is 2. The highest BCUT2D eigenvalue weighted by molar-refractivity contribution is 6.31. The zero-order valence-corrected chi connectivity index (χ0v) is 14.3. The molecule has 0 fully saturated rings. The SMILES string of the molecule is O=c1c2cnc3ncnn3c2ccn1CCc1c[nH]c2ccc(Cl)cc12. The summed E-state index contributed by atoms with van der Waals surface area (Å²) in [7, 11) is 0. The van der Waals surface area contributed by atoms with Crippen molar-refractivity contribution in [3.63, 3.8) is 0 Å². The molecular formula is C18H13ClN6O. The smallest absolute Gasteiger partial charge is 0.261 e. The van der Waals surface area contributed by atoms with Crippen LogP contribution < -0.4 is 5.56 Å². The fourth-order valence-electron chi connectivity index (χ4n) is 3.28. The number of rotatable bonds is 3. The standard InChI is InChI=1S/C18H13ClN6O/c19-12-1-2-15-13(7-12)11(8-20-15)3-5-24-6-4-16-14(17(24)26)9-21-18-22-10-23-25(16)18/h1-2,4,6-10,20H,3,5H2. The Morgan fingerprint density at radius 2 is 2.08 bits per heavy atom. The van der Waals surface area contributed by atoms with Crippen molar-refractivity contribution in [2.24, 2.45) is 0 Å². The number of pyridine rings is 1. The summed E-state index contributed by atoms with van der Waals surface area (Å²) in [4.78, 5) is 24.3. The van der Waals surface area contributed by atoms with Gasteiger partial charge in [0.2, 0.25) is 0 Å². The lowest BCUT2D eigenvalue weighted by Gasteiger charge is -2.07. The molecule has 5 rings (SSSR count). The van der Waals surface area contributed by atoms with Gasteiger partial charge in [0.05, 0.1) is 10.9 Å². The van der Waals surface area contributed by atoms with E-state index in [1.807, 2.05) is 30.5 Å². The van der Waals surface area contributed by atoms with Gasteiger partial charge in [-0.25, -0.2) is 4.98 Å². The molecular weight excluding hydrogens is 352 g/mol. The molecule has 1 aromatic carbocycles. The minimum atomic E-state index is -0.0923. The molecule has 0 aliphatic heterocycles. The van der Waals surface area contributed by atoms with Gasteiger partial charge in [0.25, 0.3) is 11.3 Å². The first kappa shape index (κ1) is 15.1. The number of H-pyrrole nitrogens is 1. The molecule has 0 spiro atoms. The molecule has 0 radical (unpaired) electrons. The summed E-state index contributed by atoms with van der Waals surface area (Å²) in [5, 5.41) is 6.42. The van der Waals surface area contributed by atoms with E-state index in [1.165, 1.54) is 6.33 Å². The largest absolute Gasteiger partial charge is 0.361 e. The zero-order chi connectivity index (χ0) is 17.7. The van der Waals surface area contributed by atoms with E-state index < -0.39 is 0 Å². The quantitative estimate of drug-likeness (QED) is 0.533. The molecule has 0 aliphatic rings. The highest BCUT2D eigenvalue weighted by Gasteiger charge is 2.10. The second-order valence-corrected chi connectivity index (χ2v) is 6.53. The third-order valence-corrected chi connectivity index (χ3v) is 4.83. The number of hydrogen-bond acceptors (Lipinski definition) is 4. The van der Waals surface area contributed by atoms with Gasteiger partial charge in [0, 0.05) is 41.1 Å². The maximum absolute atomic E-state index is 12.8. The van der Waals surface area contributed by atoms with Gasteiger partial charge in [-0.05, 0) is 36.2 Å². The Hall–Kier alpha value is -3.19. The van der Waals surface area contributed by atoms with E-state index >= 15 is 0 Å². The molecule has 1 N–H and O–H groups in total. The Bertz CT molecular complexity index is 1330. The van der Waals surface area contributed by atoms with Crippen molar-refractivity contribution in [1.29, 1.82) is 0 Å². The van der Waals surface area contributed by atoms with Gasteiger partial charge in [-0.15, -0.1) is 0 Å². The van der Waals surface area contributed by atoms with Crippen molar-refractivity contribution >= 4 is 39.2 Å². The van der Waals surface area contributed by atoms with Crippen LogP contribution in [0.15, 0.2) is 54.0 Å². The Morgan fingerprint density at radius 1 is 1.15 bits per heavy atom. The number of hydrogen-bond donors (Lipinski definition) is 1. The molecule has 0 saturated carbocycles. The van der Waals surface area contributed by atoms with E-state index in [9.17, 15) is 4.79 Å². The molecule has 7 nitrogen and oxygen atoms in total. The summed E-state index contributed by atoms with van der Waals surface area (Å²) >= 11 is 6.10. The number of fused-ring (bicyclic) bond motifs is 4. The molecule has 4 heterocycles. The molecule has 0 saturated heterocycles. The van der Waals surface area contributed by atoms with Gasteiger partial charge in [-0.3, -0.25) is 4.79 Å². The second kappa shape index (κ2) is 5.67. The summed E-state index contributed by atoms with van der Waals surface area (Å²) in [6.45, 7) is 0.559. The van der Waals surface area contributed by atoms with Crippen LogP contribution in [-0.2, 0) is 13.0 Å². The maximum atomic E-state index is 12.8. The molecule has 0 aliphatic carbocycles. The molecule has 8 heteroatoms. The van der Waals surface area contributed by atoms with Gasteiger partial charge in [0.1, 0.15) is 6.33 Å². The molecule has 0 amide bonds. The molecule has 0 bridgehead atoms. The van der Waals surface area contributed by atoms with E-state index in [2.05, 4.69) is 20.1 Å². The van der Waals surface area contributed by atoms with Crippen LogP contribution in [0, 0.1) is 0 Å². The average Bonchev–Trinajstić information content (AvgIpc) is 3.27. The van der Waals surface area contributed by atoms with Crippen molar-refractivity contribution in [2.45, 2.75) is 13.0 Å². The summed E-state index contributed by atoms with van der Waals surface area (Å²) in [5.74, 6) is 0.477. The Morgan fingerprint density at radius 3 is 3.00 bits per heavy atom. The van der Waals surface area contributed by atoms with Crippen LogP contribution in [0.25, 0.3) is 27.6 Å². The van der Waals surface area contributed by atoms with Crippen LogP contribution in [0.3, 0.4) is 0 Å². The van der Waals surface area contributed by atoms with Gasteiger partial charge in [-0.1, -0.05) is 11.6 Å². The molecule has 0 atom stereocenters. The summed E-state index contributed by atoms with van der Waals surface area (Å²) < 4.78 is 3.26. The van der Waals surface area contributed by atoms with E-state index in [0.29, 0.717) is 34.7 Å². The van der Waals surface area contributed by atoms with Crippen molar-refractivity contribution in [2.75, 3.05) is 0 Å². The summed E-state index contributed by atoms with van der Waals surface area (Å²) in [5.41, 5.74) is 2.77. The number of halogens is 1. The average molecular weight is 365 g/mol. The van der Waals surface area contributed by atoms with E-state index in [-0.39, 0.29) is 5.56 Å². The van der Waals surface area contributed by atoms with Crippen molar-refractivity contribution < 1.29 is 0 Å². The van der Waals surface area contributed by atoms with Gasteiger partial charge < -0.3 is 9.55 Å². The van der Waals surface area contributed by atoms with Crippen molar-refractivity contribution in [3.05, 3.63) is 70.1 Å². The Kier molecular flexibility index (Phi) is 3.29. The zero-order valence-electron chi connectivity index (χ0n) is 13.6. The van der Waals surface area contributed by atoms with Crippen LogP contribution in [0.1, 0.15) is 5.56 Å². The highest BCUT2D eigenvalue weighted by Crippen LogP contribution is 2.23. The minimum Gasteiger partial charge on any atom is -0.361 e. The summed E-state index contributed by atoms with van der Waals surface area (Å²) in [6, 6.07) is 7.62. The first-order chi connectivity index (χ1) is 12.7. The number of aromatic amines is 1. The number of nitrogens with zero attached hydrogens (tertiary/aromatic N) is 5. The normalized spacial score (nSPS) is 11.7. The molecule has 26 heavy (non-hydrogen) atoms. The minimum absolute atomic E-state index is 0.0923. The topological polar surface area (TPSA) is 80.9 Å². The van der Waals surface area contributed by atoms with Gasteiger partial charge in [0.15, 0.2) is 0 Å². The fraction of sp³-hybridized carbons (Fsp3) is 0.111. The number of benzene rings is 1. The Labute approximate surface area is 151 Å². The predicted molar refractivity (Wildman–Crippen MR) is 99.6 cm³/mol. The van der Waals surface area contributed by atoms with Crippen LogP contribution in [-0.4, -0.2) is 29.1 Å². The van der Waals surface area contributed by atoms with Gasteiger partial charge in [-0.2, -0.15) is 14.6 Å². The molecule has 4 aromatic heterocycles. The maximum Gasteiger partial charge on any atom is 0.261 e. The lowest BCUT2D eigenvalue weighted by atomic mass is 10.1. The van der Waals surface area contributed by atoms with E-state index in [1.54, 1.807) is 21.5 Å². The third kappa shape index (κ3) is 2.28. The van der Waals surface area contributed by atoms with Gasteiger partial charge >= 0.3 is 0 Å². The van der Waals surface area contributed by atoms with E-state index in [0.717, 1.165) is 16.5 Å². The first-order valence-corrected chi connectivity index (χ1v) is 8.52.